The van der Waals surface area contributed by atoms with Crippen LogP contribution >= 0.6 is 7.60 Å². The molecule has 18 heavy (non-hydrogen) atoms. The van der Waals surface area contributed by atoms with E-state index in [0.29, 0.717) is 11.0 Å². The van der Waals surface area contributed by atoms with E-state index in [0.717, 1.165) is 10.8 Å². The lowest BCUT2D eigenvalue weighted by Gasteiger charge is -2.06. The van der Waals surface area contributed by atoms with Gasteiger partial charge in [-0.3, -0.25) is 9.55 Å². The summed E-state index contributed by atoms with van der Waals surface area (Å²) in [6.07, 6.45) is 1.63. The van der Waals surface area contributed by atoms with Gasteiger partial charge in [0, 0.05) is 17.0 Å². The topological polar surface area (TPSA) is 83.3 Å². The molecule has 0 spiro atoms. The Labute approximate surface area is 102 Å². The minimum atomic E-state index is -4.34. The SMILES string of the molecule is O=P(O)(O)c1ccc2ccc3cccnc3c2n1. The quantitative estimate of drug-likeness (QED) is 0.512. The third-order valence-electron chi connectivity index (χ3n) is 2.72. The maximum absolute atomic E-state index is 11.2. The number of benzene rings is 1. The Hall–Kier alpha value is -1.81. The highest BCUT2D eigenvalue weighted by Crippen LogP contribution is 2.33. The summed E-state index contributed by atoms with van der Waals surface area (Å²) in [5.74, 6) is 0. The molecule has 0 bridgehead atoms. The summed E-state index contributed by atoms with van der Waals surface area (Å²) in [6, 6.07) is 10.4. The summed E-state index contributed by atoms with van der Waals surface area (Å²) >= 11 is 0. The Bertz CT molecular complexity index is 798. The van der Waals surface area contributed by atoms with Crippen LogP contribution in [0.15, 0.2) is 42.6 Å². The molecule has 3 aromatic rings. The fourth-order valence-corrected chi connectivity index (χ4v) is 2.37. The smallest absolute Gasteiger partial charge is 0.320 e. The van der Waals surface area contributed by atoms with Crippen LogP contribution in [-0.2, 0) is 4.57 Å². The van der Waals surface area contributed by atoms with E-state index in [9.17, 15) is 4.57 Å². The second-order valence-corrected chi connectivity index (χ2v) is 5.47. The molecule has 0 radical (unpaired) electrons. The first kappa shape index (κ1) is 11.3. The summed E-state index contributed by atoms with van der Waals surface area (Å²) in [5, 5.41) is 1.69. The summed E-state index contributed by atoms with van der Waals surface area (Å²) < 4.78 is 11.2. The van der Waals surface area contributed by atoms with E-state index >= 15 is 0 Å². The molecule has 0 saturated heterocycles. The van der Waals surface area contributed by atoms with Crippen molar-refractivity contribution in [2.75, 3.05) is 0 Å². The van der Waals surface area contributed by atoms with E-state index < -0.39 is 7.60 Å². The van der Waals surface area contributed by atoms with Crippen molar-refractivity contribution in [2.45, 2.75) is 0 Å². The molecule has 0 unspecified atom stereocenters. The van der Waals surface area contributed by atoms with Crippen molar-refractivity contribution in [3.63, 3.8) is 0 Å². The summed E-state index contributed by atoms with van der Waals surface area (Å²) in [7, 11) is -4.34. The molecule has 6 heteroatoms. The highest BCUT2D eigenvalue weighted by atomic mass is 31.2. The molecule has 0 atom stereocenters. The van der Waals surface area contributed by atoms with Crippen LogP contribution in [0, 0.1) is 0 Å². The van der Waals surface area contributed by atoms with Crippen LogP contribution in [0.2, 0.25) is 0 Å². The summed E-state index contributed by atoms with van der Waals surface area (Å²) in [6.45, 7) is 0. The monoisotopic (exact) mass is 260 g/mol. The Morgan fingerprint density at radius 2 is 1.61 bits per heavy atom. The third kappa shape index (κ3) is 1.78. The van der Waals surface area contributed by atoms with Gasteiger partial charge < -0.3 is 9.79 Å². The van der Waals surface area contributed by atoms with E-state index in [4.69, 9.17) is 9.79 Å². The van der Waals surface area contributed by atoms with Gasteiger partial charge in [-0.05, 0) is 12.1 Å². The predicted molar refractivity (Wildman–Crippen MR) is 68.7 cm³/mol. The average molecular weight is 260 g/mol. The summed E-state index contributed by atoms with van der Waals surface area (Å²) in [4.78, 5) is 26.6. The zero-order chi connectivity index (χ0) is 12.8. The largest absolute Gasteiger partial charge is 0.374 e. The molecular weight excluding hydrogens is 251 g/mol. The van der Waals surface area contributed by atoms with Crippen LogP contribution in [0.3, 0.4) is 0 Å². The molecule has 0 aliphatic rings. The van der Waals surface area contributed by atoms with Crippen molar-refractivity contribution in [1.82, 2.24) is 9.97 Å². The number of nitrogens with zero attached hydrogens (tertiary/aromatic N) is 2. The molecule has 2 N–H and O–H groups in total. The molecule has 0 saturated carbocycles. The maximum Gasteiger partial charge on any atom is 0.374 e. The average Bonchev–Trinajstić information content (AvgIpc) is 2.37. The Morgan fingerprint density at radius 3 is 2.33 bits per heavy atom. The second-order valence-electron chi connectivity index (χ2n) is 3.93. The van der Waals surface area contributed by atoms with Crippen LogP contribution in [-0.4, -0.2) is 19.8 Å². The molecule has 2 aromatic heterocycles. The standard InChI is InChI=1S/C12H9N2O3P/c15-18(16,17)10-6-5-9-4-3-8-2-1-7-13-11(8)12(9)14-10/h1-7H,(H2,15,16,17). The zero-order valence-electron chi connectivity index (χ0n) is 9.19. The van der Waals surface area contributed by atoms with Crippen molar-refractivity contribution < 1.29 is 14.4 Å². The van der Waals surface area contributed by atoms with Gasteiger partial charge in [0.15, 0.2) is 5.44 Å². The molecule has 0 aliphatic carbocycles. The molecule has 1 aromatic carbocycles. The van der Waals surface area contributed by atoms with Gasteiger partial charge >= 0.3 is 7.60 Å². The van der Waals surface area contributed by atoms with Gasteiger partial charge in [0.05, 0.1) is 11.0 Å². The zero-order valence-corrected chi connectivity index (χ0v) is 10.1. The summed E-state index contributed by atoms with van der Waals surface area (Å²) in [5.41, 5.74) is 0.923. The normalized spacial score (nSPS) is 12.1. The minimum Gasteiger partial charge on any atom is -0.320 e. The van der Waals surface area contributed by atoms with Gasteiger partial charge in [-0.2, -0.15) is 0 Å². The number of aromatic nitrogens is 2. The van der Waals surface area contributed by atoms with Gasteiger partial charge in [0.25, 0.3) is 0 Å². The van der Waals surface area contributed by atoms with Crippen molar-refractivity contribution >= 4 is 34.8 Å². The van der Waals surface area contributed by atoms with Crippen molar-refractivity contribution in [3.05, 3.63) is 42.6 Å². The Balaban J connectivity index is 2.44. The Kier molecular flexibility index (Phi) is 2.41. The number of hydrogen-bond donors (Lipinski definition) is 2. The molecule has 5 nitrogen and oxygen atoms in total. The fourth-order valence-electron chi connectivity index (χ4n) is 1.88. The van der Waals surface area contributed by atoms with Gasteiger partial charge in [-0.25, -0.2) is 4.98 Å². The highest BCUT2D eigenvalue weighted by molar-refractivity contribution is 7.60. The van der Waals surface area contributed by atoms with Crippen LogP contribution in [0.25, 0.3) is 21.8 Å². The Morgan fingerprint density at radius 1 is 0.944 bits per heavy atom. The van der Waals surface area contributed by atoms with Gasteiger partial charge in [-0.1, -0.05) is 24.3 Å². The van der Waals surface area contributed by atoms with Gasteiger partial charge in [-0.15, -0.1) is 0 Å². The third-order valence-corrected chi connectivity index (χ3v) is 3.56. The molecule has 90 valence electrons. The van der Waals surface area contributed by atoms with Crippen LogP contribution < -0.4 is 5.44 Å². The lowest BCUT2D eigenvalue weighted by atomic mass is 10.1. The van der Waals surface area contributed by atoms with E-state index in [1.54, 1.807) is 18.3 Å². The fraction of sp³-hybridized carbons (Fsp3) is 0. The number of fused-ring (bicyclic) bond motifs is 3. The molecule has 0 aliphatic heterocycles. The molecule has 3 rings (SSSR count). The molecule has 0 fully saturated rings. The second kappa shape index (κ2) is 3.85. The minimum absolute atomic E-state index is 0.229. The first-order valence-electron chi connectivity index (χ1n) is 5.26. The number of pyridine rings is 2. The first-order valence-corrected chi connectivity index (χ1v) is 6.87. The molecule has 2 heterocycles. The van der Waals surface area contributed by atoms with E-state index in [1.165, 1.54) is 6.07 Å². The van der Waals surface area contributed by atoms with E-state index in [-0.39, 0.29) is 5.44 Å². The van der Waals surface area contributed by atoms with Crippen molar-refractivity contribution in [1.29, 1.82) is 0 Å². The van der Waals surface area contributed by atoms with Crippen LogP contribution in [0.1, 0.15) is 0 Å². The number of rotatable bonds is 1. The lowest BCUT2D eigenvalue weighted by Crippen LogP contribution is -2.08. The van der Waals surface area contributed by atoms with Crippen molar-refractivity contribution in [3.8, 4) is 0 Å². The van der Waals surface area contributed by atoms with Gasteiger partial charge in [0.2, 0.25) is 0 Å². The van der Waals surface area contributed by atoms with Crippen LogP contribution in [0.5, 0.6) is 0 Å². The predicted octanol–water partition coefficient (Wildman–Crippen LogP) is 1.59. The molecule has 0 amide bonds. The molecular formula is C12H9N2O3P. The van der Waals surface area contributed by atoms with Crippen molar-refractivity contribution in [2.24, 2.45) is 0 Å². The van der Waals surface area contributed by atoms with Gasteiger partial charge in [0.1, 0.15) is 0 Å². The number of hydrogen-bond acceptors (Lipinski definition) is 3. The van der Waals surface area contributed by atoms with E-state index in [2.05, 4.69) is 9.97 Å². The van der Waals surface area contributed by atoms with E-state index in [1.807, 2.05) is 18.2 Å². The van der Waals surface area contributed by atoms with Crippen LogP contribution in [0.4, 0.5) is 0 Å². The lowest BCUT2D eigenvalue weighted by molar-refractivity contribution is 0.386. The highest BCUT2D eigenvalue weighted by Gasteiger charge is 2.19. The maximum atomic E-state index is 11.2. The first-order chi connectivity index (χ1) is 8.55.